The Hall–Kier alpha value is -2.63. The zero-order valence-electron chi connectivity index (χ0n) is 12.6. The van der Waals surface area contributed by atoms with Crippen molar-refractivity contribution in [3.63, 3.8) is 0 Å². The molecule has 2 aromatic rings. The minimum atomic E-state index is -0.575. The molecule has 0 saturated heterocycles. The molecule has 22 heavy (non-hydrogen) atoms. The van der Waals surface area contributed by atoms with Gasteiger partial charge in [-0.05, 0) is 24.1 Å². The van der Waals surface area contributed by atoms with Gasteiger partial charge in [0.05, 0.1) is 5.56 Å². The van der Waals surface area contributed by atoms with E-state index < -0.39 is 6.04 Å². The van der Waals surface area contributed by atoms with Gasteiger partial charge >= 0.3 is 0 Å². The number of hydrogen-bond donors (Lipinski definition) is 2. The van der Waals surface area contributed by atoms with E-state index in [1.54, 1.807) is 24.5 Å². The normalized spacial score (nSPS) is 16.8. The number of amides is 2. The maximum Gasteiger partial charge on any atom is 0.253 e. The molecule has 0 aliphatic carbocycles. The molecule has 0 spiro atoms. The Kier molecular flexibility index (Phi) is 3.66. The second kappa shape index (κ2) is 5.63. The van der Waals surface area contributed by atoms with Crippen molar-refractivity contribution in [3.8, 4) is 0 Å². The summed E-state index contributed by atoms with van der Waals surface area (Å²) in [4.78, 5) is 28.6. The molecule has 1 atom stereocenters. The number of carbonyl (C=O) groups is 2. The molecule has 6 heteroatoms. The second-order valence-corrected chi connectivity index (χ2v) is 5.39. The van der Waals surface area contributed by atoms with Crippen molar-refractivity contribution in [2.45, 2.75) is 25.8 Å². The zero-order valence-corrected chi connectivity index (χ0v) is 12.6. The summed E-state index contributed by atoms with van der Waals surface area (Å²) in [6, 6.07) is 2.97. The van der Waals surface area contributed by atoms with E-state index in [1.807, 2.05) is 24.7 Å². The van der Waals surface area contributed by atoms with E-state index in [9.17, 15) is 9.59 Å². The molecule has 1 aliphatic heterocycles. The summed E-state index contributed by atoms with van der Waals surface area (Å²) in [6.45, 7) is 2.00. The van der Waals surface area contributed by atoms with Crippen LogP contribution in [0, 0.1) is 0 Å². The first-order valence-corrected chi connectivity index (χ1v) is 7.29. The van der Waals surface area contributed by atoms with Crippen LogP contribution in [0.1, 0.15) is 28.5 Å². The Bertz CT molecular complexity index is 735. The molecule has 2 amide bonds. The van der Waals surface area contributed by atoms with Gasteiger partial charge in [0.2, 0.25) is 5.91 Å². The van der Waals surface area contributed by atoms with Crippen molar-refractivity contribution in [3.05, 3.63) is 47.5 Å². The van der Waals surface area contributed by atoms with Crippen molar-refractivity contribution in [2.24, 2.45) is 7.05 Å². The number of nitrogens with zero attached hydrogens (tertiary/aromatic N) is 2. The van der Waals surface area contributed by atoms with Crippen LogP contribution in [0.4, 0.5) is 5.69 Å². The van der Waals surface area contributed by atoms with Crippen LogP contribution < -0.4 is 10.6 Å². The topological polar surface area (TPSA) is 76.0 Å². The first-order chi connectivity index (χ1) is 10.6. The zero-order chi connectivity index (χ0) is 15.7. The Morgan fingerprint density at radius 3 is 3.09 bits per heavy atom. The van der Waals surface area contributed by atoms with Gasteiger partial charge in [-0.2, -0.15) is 0 Å². The van der Waals surface area contributed by atoms with Gasteiger partial charge in [-0.3, -0.25) is 14.6 Å². The van der Waals surface area contributed by atoms with Crippen LogP contribution in [0.25, 0.3) is 0 Å². The van der Waals surface area contributed by atoms with E-state index >= 15 is 0 Å². The lowest BCUT2D eigenvalue weighted by molar-refractivity contribution is -0.118. The highest BCUT2D eigenvalue weighted by molar-refractivity contribution is 6.03. The van der Waals surface area contributed by atoms with E-state index in [0.29, 0.717) is 12.0 Å². The van der Waals surface area contributed by atoms with Crippen LogP contribution >= 0.6 is 0 Å². The Morgan fingerprint density at radius 2 is 2.32 bits per heavy atom. The molecule has 3 heterocycles. The number of aryl methyl sites for hydroxylation is 1. The molecule has 1 unspecified atom stereocenters. The SMILES string of the molecule is CCc1c(C(=O)NC2Cc3cnccc3NC2=O)ccn1C. The first kappa shape index (κ1) is 14.3. The Balaban J connectivity index is 1.79. The number of aromatic nitrogens is 2. The monoisotopic (exact) mass is 298 g/mol. The summed E-state index contributed by atoms with van der Waals surface area (Å²) in [6.07, 6.45) is 6.42. The number of pyridine rings is 1. The van der Waals surface area contributed by atoms with Crippen molar-refractivity contribution in [1.82, 2.24) is 14.9 Å². The number of rotatable bonds is 3. The molecule has 2 aromatic heterocycles. The second-order valence-electron chi connectivity index (χ2n) is 5.39. The molecule has 0 fully saturated rings. The van der Waals surface area contributed by atoms with Crippen molar-refractivity contribution in [2.75, 3.05) is 5.32 Å². The average molecular weight is 298 g/mol. The molecule has 6 nitrogen and oxygen atoms in total. The molecule has 0 radical (unpaired) electrons. The van der Waals surface area contributed by atoms with E-state index in [1.165, 1.54) is 0 Å². The lowest BCUT2D eigenvalue weighted by atomic mass is 10.0. The maximum atomic E-state index is 12.4. The summed E-state index contributed by atoms with van der Waals surface area (Å²) in [5.41, 5.74) is 3.27. The number of fused-ring (bicyclic) bond motifs is 1. The maximum absolute atomic E-state index is 12.4. The fourth-order valence-electron chi connectivity index (χ4n) is 2.81. The van der Waals surface area contributed by atoms with Crippen LogP contribution in [-0.4, -0.2) is 27.4 Å². The molecule has 3 rings (SSSR count). The summed E-state index contributed by atoms with van der Waals surface area (Å²) in [5, 5.41) is 5.62. The van der Waals surface area contributed by atoms with Crippen LogP contribution in [0.5, 0.6) is 0 Å². The number of nitrogens with one attached hydrogen (secondary N) is 2. The van der Waals surface area contributed by atoms with Crippen LogP contribution in [0.2, 0.25) is 0 Å². The van der Waals surface area contributed by atoms with Crippen molar-refractivity contribution >= 4 is 17.5 Å². The van der Waals surface area contributed by atoms with Crippen molar-refractivity contribution < 1.29 is 9.59 Å². The molecule has 2 N–H and O–H groups in total. The molecule has 114 valence electrons. The van der Waals surface area contributed by atoms with Gasteiger partial charge < -0.3 is 15.2 Å². The predicted octanol–water partition coefficient (Wildman–Crippen LogP) is 1.28. The summed E-state index contributed by atoms with van der Waals surface area (Å²) in [7, 11) is 1.91. The van der Waals surface area contributed by atoms with Gasteiger partial charge in [0.15, 0.2) is 0 Å². The highest BCUT2D eigenvalue weighted by Crippen LogP contribution is 2.21. The van der Waals surface area contributed by atoms with Gasteiger partial charge in [-0.1, -0.05) is 6.92 Å². The fraction of sp³-hybridized carbons (Fsp3) is 0.312. The standard InChI is InChI=1S/C16H18N4O2/c1-3-14-11(5-7-20(14)2)15(21)19-13-8-10-9-17-6-4-12(10)18-16(13)22/h4-7,9,13H,3,8H2,1-2H3,(H,18,22)(H,19,21). The van der Waals surface area contributed by atoms with Gasteiger partial charge in [0.1, 0.15) is 6.04 Å². The Labute approximate surface area is 128 Å². The Morgan fingerprint density at radius 1 is 1.50 bits per heavy atom. The van der Waals surface area contributed by atoms with Gasteiger partial charge in [-0.25, -0.2) is 0 Å². The summed E-state index contributed by atoms with van der Waals surface area (Å²) >= 11 is 0. The summed E-state index contributed by atoms with van der Waals surface area (Å²) in [5.74, 6) is -0.411. The van der Waals surface area contributed by atoms with Crippen molar-refractivity contribution in [1.29, 1.82) is 0 Å². The minimum Gasteiger partial charge on any atom is -0.354 e. The van der Waals surface area contributed by atoms with E-state index in [2.05, 4.69) is 15.6 Å². The highest BCUT2D eigenvalue weighted by Gasteiger charge is 2.28. The van der Waals surface area contributed by atoms with E-state index in [-0.39, 0.29) is 11.8 Å². The third kappa shape index (κ3) is 2.47. The van der Waals surface area contributed by atoms with Gasteiger partial charge in [0, 0.05) is 43.4 Å². The molecule has 0 bridgehead atoms. The van der Waals surface area contributed by atoms with Gasteiger partial charge in [0.25, 0.3) is 5.91 Å². The average Bonchev–Trinajstić information content (AvgIpc) is 2.89. The smallest absolute Gasteiger partial charge is 0.253 e. The highest BCUT2D eigenvalue weighted by atomic mass is 16.2. The quantitative estimate of drug-likeness (QED) is 0.896. The fourth-order valence-corrected chi connectivity index (χ4v) is 2.81. The van der Waals surface area contributed by atoms with E-state index in [4.69, 9.17) is 0 Å². The first-order valence-electron chi connectivity index (χ1n) is 7.29. The molecular weight excluding hydrogens is 280 g/mol. The summed E-state index contributed by atoms with van der Waals surface area (Å²) < 4.78 is 1.93. The third-order valence-corrected chi connectivity index (χ3v) is 3.99. The molecule has 1 aliphatic rings. The van der Waals surface area contributed by atoms with Crippen LogP contribution in [-0.2, 0) is 24.7 Å². The third-order valence-electron chi connectivity index (χ3n) is 3.99. The molecule has 0 saturated carbocycles. The molecule has 0 aromatic carbocycles. The number of carbonyl (C=O) groups excluding carboxylic acids is 2. The largest absolute Gasteiger partial charge is 0.354 e. The minimum absolute atomic E-state index is 0.193. The van der Waals surface area contributed by atoms with Crippen LogP contribution in [0.3, 0.4) is 0 Å². The lowest BCUT2D eigenvalue weighted by Crippen LogP contribution is -2.47. The number of anilines is 1. The van der Waals surface area contributed by atoms with Gasteiger partial charge in [-0.15, -0.1) is 0 Å². The van der Waals surface area contributed by atoms with E-state index in [0.717, 1.165) is 23.4 Å². The molecular formula is C16H18N4O2. The van der Waals surface area contributed by atoms with Crippen LogP contribution in [0.15, 0.2) is 30.7 Å². The lowest BCUT2D eigenvalue weighted by Gasteiger charge is -2.25. The number of hydrogen-bond acceptors (Lipinski definition) is 3. The predicted molar refractivity (Wildman–Crippen MR) is 82.6 cm³/mol.